The maximum atomic E-state index is 10.8. The smallest absolute Gasteiger partial charge is 0.371 e. The van der Waals surface area contributed by atoms with E-state index in [-0.39, 0.29) is 11.0 Å². The summed E-state index contributed by atoms with van der Waals surface area (Å²) in [5, 5.41) is 11.3. The second kappa shape index (κ2) is 5.66. The third-order valence-electron chi connectivity index (χ3n) is 3.27. The molecule has 0 fully saturated rings. The third-order valence-corrected chi connectivity index (χ3v) is 4.38. The Bertz CT molecular complexity index is 791. The number of fused-ring (bicyclic) bond motifs is 1. The number of hydrogen-bond acceptors (Lipinski definition) is 3. The van der Waals surface area contributed by atoms with Gasteiger partial charge in [-0.2, -0.15) is 0 Å². The summed E-state index contributed by atoms with van der Waals surface area (Å²) in [5.74, 6) is -0.384. The lowest BCUT2D eigenvalue weighted by atomic mass is 10.1. The predicted octanol–water partition coefficient (Wildman–Crippen LogP) is 4.98. The summed E-state index contributed by atoms with van der Waals surface area (Å²) in [7, 11) is 0. The molecule has 0 aliphatic rings. The second-order valence-corrected chi connectivity index (χ2v) is 6.19. The van der Waals surface area contributed by atoms with Gasteiger partial charge in [0.05, 0.1) is 5.25 Å². The zero-order valence-electron chi connectivity index (χ0n) is 11.4. The zero-order chi connectivity index (χ0) is 14.8. The molecule has 1 aromatic heterocycles. The van der Waals surface area contributed by atoms with Gasteiger partial charge < -0.3 is 9.52 Å². The van der Waals surface area contributed by atoms with Crippen molar-refractivity contribution in [2.24, 2.45) is 0 Å². The number of carboxylic acids is 1. The fraction of sp³-hybridized carbons (Fsp3) is 0.118. The van der Waals surface area contributed by atoms with Crippen molar-refractivity contribution in [3.05, 3.63) is 66.1 Å². The Labute approximate surface area is 126 Å². The van der Waals surface area contributed by atoms with Crippen LogP contribution in [-0.4, -0.2) is 11.1 Å². The number of benzene rings is 2. The molecule has 1 unspecified atom stereocenters. The van der Waals surface area contributed by atoms with Crippen molar-refractivity contribution in [1.82, 2.24) is 0 Å². The van der Waals surface area contributed by atoms with Crippen LogP contribution in [0.1, 0.15) is 28.5 Å². The highest BCUT2D eigenvalue weighted by molar-refractivity contribution is 7.99. The highest BCUT2D eigenvalue weighted by atomic mass is 32.2. The molecule has 0 spiro atoms. The van der Waals surface area contributed by atoms with E-state index in [1.54, 1.807) is 17.8 Å². The molecule has 1 atom stereocenters. The summed E-state index contributed by atoms with van der Waals surface area (Å²) in [5.41, 5.74) is 0. The molecular weight excluding hydrogens is 284 g/mol. The molecule has 3 rings (SSSR count). The lowest BCUT2D eigenvalue weighted by molar-refractivity contribution is 0.0660. The number of rotatable bonds is 4. The Morgan fingerprint density at radius 2 is 1.86 bits per heavy atom. The molecule has 0 saturated heterocycles. The van der Waals surface area contributed by atoms with Gasteiger partial charge in [0.2, 0.25) is 5.76 Å². The molecule has 1 heterocycles. The zero-order valence-corrected chi connectivity index (χ0v) is 12.3. The average molecular weight is 298 g/mol. The summed E-state index contributed by atoms with van der Waals surface area (Å²) < 4.78 is 5.35. The first-order chi connectivity index (χ1) is 10.1. The fourth-order valence-electron chi connectivity index (χ4n) is 2.19. The van der Waals surface area contributed by atoms with Crippen LogP contribution >= 0.6 is 11.8 Å². The quantitative estimate of drug-likeness (QED) is 0.690. The van der Waals surface area contributed by atoms with Gasteiger partial charge in [-0.1, -0.05) is 30.3 Å². The maximum Gasteiger partial charge on any atom is 0.371 e. The number of thioether (sulfide) groups is 1. The molecule has 0 aliphatic carbocycles. The largest absolute Gasteiger partial charge is 0.475 e. The van der Waals surface area contributed by atoms with Gasteiger partial charge in [-0.05, 0) is 42.0 Å². The van der Waals surface area contributed by atoms with Crippen LogP contribution in [0.2, 0.25) is 0 Å². The van der Waals surface area contributed by atoms with E-state index < -0.39 is 5.97 Å². The van der Waals surface area contributed by atoms with Gasteiger partial charge >= 0.3 is 5.97 Å². The molecule has 0 amide bonds. The molecular formula is C17H14O3S. The number of hydrogen-bond donors (Lipinski definition) is 1. The second-order valence-electron chi connectivity index (χ2n) is 4.78. The molecule has 1 N–H and O–H groups in total. The molecule has 0 aliphatic heterocycles. The summed E-state index contributed by atoms with van der Waals surface area (Å²) in [6, 6.07) is 17.7. The van der Waals surface area contributed by atoms with Gasteiger partial charge in [-0.15, -0.1) is 11.8 Å². The maximum absolute atomic E-state index is 10.8. The van der Waals surface area contributed by atoms with Crippen molar-refractivity contribution in [1.29, 1.82) is 0 Å². The van der Waals surface area contributed by atoms with Crippen LogP contribution in [0, 0.1) is 0 Å². The SMILES string of the molecule is CC(Sc1ccc2ccccc2c1)c1ccc(C(=O)O)o1. The lowest BCUT2D eigenvalue weighted by Crippen LogP contribution is -1.92. The van der Waals surface area contributed by atoms with Crippen molar-refractivity contribution in [3.63, 3.8) is 0 Å². The van der Waals surface area contributed by atoms with E-state index in [0.29, 0.717) is 5.76 Å². The van der Waals surface area contributed by atoms with Crippen LogP contribution in [0.3, 0.4) is 0 Å². The van der Waals surface area contributed by atoms with E-state index >= 15 is 0 Å². The first-order valence-electron chi connectivity index (χ1n) is 6.62. The standard InChI is InChI=1S/C17H14O3S/c1-11(15-8-9-16(20-15)17(18)19)21-14-7-6-12-4-2-3-5-13(12)10-14/h2-11H,1H3,(H,18,19). The first-order valence-corrected chi connectivity index (χ1v) is 7.50. The molecule has 21 heavy (non-hydrogen) atoms. The molecule has 3 nitrogen and oxygen atoms in total. The summed E-state index contributed by atoms with van der Waals surface area (Å²) in [4.78, 5) is 12.0. The number of carboxylic acid groups (broad SMARTS) is 1. The van der Waals surface area contributed by atoms with Crippen LogP contribution in [-0.2, 0) is 0 Å². The summed E-state index contributed by atoms with van der Waals surface area (Å²) >= 11 is 1.65. The molecule has 0 bridgehead atoms. The lowest BCUT2D eigenvalue weighted by Gasteiger charge is -2.09. The van der Waals surface area contributed by atoms with Crippen LogP contribution in [0.15, 0.2) is 63.9 Å². The average Bonchev–Trinajstić information content (AvgIpc) is 2.97. The van der Waals surface area contributed by atoms with Gasteiger partial charge in [-0.25, -0.2) is 4.79 Å². The fourth-order valence-corrected chi connectivity index (χ4v) is 3.18. The normalized spacial score (nSPS) is 12.4. The molecule has 2 aromatic carbocycles. The van der Waals surface area contributed by atoms with Gasteiger partial charge in [-0.3, -0.25) is 0 Å². The van der Waals surface area contributed by atoms with Crippen LogP contribution in [0.5, 0.6) is 0 Å². The van der Waals surface area contributed by atoms with E-state index in [0.717, 1.165) is 4.90 Å². The van der Waals surface area contributed by atoms with Gasteiger partial charge in [0, 0.05) is 4.90 Å². The van der Waals surface area contributed by atoms with E-state index in [1.807, 2.05) is 19.1 Å². The predicted molar refractivity (Wildman–Crippen MR) is 83.9 cm³/mol. The van der Waals surface area contributed by atoms with Crippen molar-refractivity contribution in [2.45, 2.75) is 17.1 Å². The van der Waals surface area contributed by atoms with E-state index in [9.17, 15) is 4.79 Å². The van der Waals surface area contributed by atoms with Crippen molar-refractivity contribution in [3.8, 4) is 0 Å². The Hall–Kier alpha value is -2.20. The van der Waals surface area contributed by atoms with E-state index in [2.05, 4.69) is 30.3 Å². The minimum absolute atomic E-state index is 0.0176. The molecule has 3 aromatic rings. The highest BCUT2D eigenvalue weighted by Gasteiger charge is 2.15. The molecule has 4 heteroatoms. The first kappa shape index (κ1) is 13.8. The van der Waals surface area contributed by atoms with Gasteiger partial charge in [0.1, 0.15) is 5.76 Å². The molecule has 0 radical (unpaired) electrons. The molecule has 106 valence electrons. The minimum atomic E-state index is -1.04. The third kappa shape index (κ3) is 2.95. The van der Waals surface area contributed by atoms with Crippen molar-refractivity contribution in [2.75, 3.05) is 0 Å². The summed E-state index contributed by atoms with van der Waals surface area (Å²) in [6.45, 7) is 2.00. The van der Waals surface area contributed by atoms with Crippen LogP contribution in [0.25, 0.3) is 10.8 Å². The van der Waals surface area contributed by atoms with E-state index in [1.165, 1.54) is 16.8 Å². The van der Waals surface area contributed by atoms with Gasteiger partial charge in [0.25, 0.3) is 0 Å². The monoisotopic (exact) mass is 298 g/mol. The topological polar surface area (TPSA) is 50.4 Å². The number of furan rings is 1. The highest BCUT2D eigenvalue weighted by Crippen LogP contribution is 2.36. The number of carbonyl (C=O) groups is 1. The Morgan fingerprint density at radius 1 is 1.10 bits per heavy atom. The Kier molecular flexibility index (Phi) is 3.71. The van der Waals surface area contributed by atoms with E-state index in [4.69, 9.17) is 9.52 Å². The van der Waals surface area contributed by atoms with Crippen molar-refractivity contribution >= 4 is 28.5 Å². The molecule has 0 saturated carbocycles. The van der Waals surface area contributed by atoms with Gasteiger partial charge in [0.15, 0.2) is 0 Å². The van der Waals surface area contributed by atoms with Crippen LogP contribution in [0.4, 0.5) is 0 Å². The van der Waals surface area contributed by atoms with Crippen molar-refractivity contribution < 1.29 is 14.3 Å². The van der Waals surface area contributed by atoms with Crippen LogP contribution < -0.4 is 0 Å². The minimum Gasteiger partial charge on any atom is -0.475 e. The Balaban J connectivity index is 1.81. The summed E-state index contributed by atoms with van der Waals surface area (Å²) in [6.07, 6.45) is 0. The Morgan fingerprint density at radius 3 is 2.57 bits per heavy atom. The number of aromatic carboxylic acids is 1.